The lowest BCUT2D eigenvalue weighted by molar-refractivity contribution is -0.119. The van der Waals surface area contributed by atoms with Crippen LogP contribution in [0.25, 0.3) is 0 Å². The van der Waals surface area contributed by atoms with Crippen LogP contribution in [-0.4, -0.2) is 16.9 Å². The number of amides is 1. The molecule has 0 fully saturated rings. The molecular weight excluding hydrogens is 264 g/mol. The third kappa shape index (κ3) is 2.43. The van der Waals surface area contributed by atoms with Gasteiger partial charge < -0.3 is 10.6 Å². The van der Waals surface area contributed by atoms with Crippen molar-refractivity contribution >= 4 is 11.7 Å². The number of anilines is 1. The maximum atomic E-state index is 11.8. The number of pyridine rings is 1. The summed E-state index contributed by atoms with van der Waals surface area (Å²) in [5.74, 6) is 0.223. The largest absolute Gasteiger partial charge is 0.368 e. The molecule has 0 saturated heterocycles. The van der Waals surface area contributed by atoms with Crippen molar-refractivity contribution in [3.63, 3.8) is 0 Å². The molecule has 1 amide bonds. The average Bonchev–Trinajstić information content (AvgIpc) is 2.53. The molecular formula is C16H14N4O. The number of primary amides is 1. The first-order valence-corrected chi connectivity index (χ1v) is 6.69. The molecule has 21 heavy (non-hydrogen) atoms. The monoisotopic (exact) mass is 278 g/mol. The standard InChI is InChI=1S/C16H14N4O/c17-9-13-6-3-7-15(19-13)20-10-12-5-2-1-4-11(12)8-14(20)16(18)21/h1-7,14H,8,10H2,(H2,18,21)/t14-/m0/s1. The first kappa shape index (κ1) is 13.1. The van der Waals surface area contributed by atoms with Crippen LogP contribution in [-0.2, 0) is 17.8 Å². The SMILES string of the molecule is N#Cc1cccc(N2Cc3ccccc3C[C@H]2C(N)=O)n1. The van der Waals surface area contributed by atoms with Crippen molar-refractivity contribution in [2.45, 2.75) is 19.0 Å². The number of nitrogens with zero attached hydrogens (tertiary/aromatic N) is 3. The molecule has 5 heteroatoms. The van der Waals surface area contributed by atoms with Crippen molar-refractivity contribution in [1.82, 2.24) is 4.98 Å². The van der Waals surface area contributed by atoms with Gasteiger partial charge in [0.1, 0.15) is 23.6 Å². The number of nitriles is 1. The molecule has 1 aliphatic heterocycles. The Morgan fingerprint density at radius 2 is 2.00 bits per heavy atom. The van der Waals surface area contributed by atoms with Gasteiger partial charge in [-0.2, -0.15) is 5.26 Å². The second-order valence-electron chi connectivity index (χ2n) is 5.01. The van der Waals surface area contributed by atoms with Crippen molar-refractivity contribution < 1.29 is 4.79 Å². The van der Waals surface area contributed by atoms with E-state index in [0.717, 1.165) is 11.1 Å². The highest BCUT2D eigenvalue weighted by molar-refractivity contribution is 5.84. The lowest BCUT2D eigenvalue weighted by Crippen LogP contribution is -2.49. The lowest BCUT2D eigenvalue weighted by atomic mass is 9.93. The van der Waals surface area contributed by atoms with E-state index >= 15 is 0 Å². The van der Waals surface area contributed by atoms with Crippen LogP contribution in [0.15, 0.2) is 42.5 Å². The molecule has 0 aliphatic carbocycles. The quantitative estimate of drug-likeness (QED) is 0.899. The van der Waals surface area contributed by atoms with E-state index in [-0.39, 0.29) is 5.91 Å². The summed E-state index contributed by atoms with van der Waals surface area (Å²) in [7, 11) is 0. The third-order valence-electron chi connectivity index (χ3n) is 3.72. The van der Waals surface area contributed by atoms with Gasteiger partial charge in [-0.3, -0.25) is 4.79 Å². The summed E-state index contributed by atoms with van der Waals surface area (Å²) in [6, 6.07) is 14.8. The van der Waals surface area contributed by atoms with Gasteiger partial charge in [0.2, 0.25) is 5.91 Å². The van der Waals surface area contributed by atoms with E-state index in [4.69, 9.17) is 11.0 Å². The molecule has 104 valence electrons. The molecule has 0 spiro atoms. The number of aromatic nitrogens is 1. The number of carbonyl (C=O) groups is 1. The second kappa shape index (κ2) is 5.25. The maximum absolute atomic E-state index is 11.8. The Labute approximate surface area is 122 Å². The zero-order chi connectivity index (χ0) is 14.8. The predicted octanol–water partition coefficient (Wildman–Crippen LogP) is 1.37. The Bertz CT molecular complexity index is 735. The Hall–Kier alpha value is -2.87. The van der Waals surface area contributed by atoms with E-state index in [1.807, 2.05) is 35.2 Å². The van der Waals surface area contributed by atoms with Crippen LogP contribution >= 0.6 is 0 Å². The summed E-state index contributed by atoms with van der Waals surface area (Å²) < 4.78 is 0. The Balaban J connectivity index is 2.03. The molecule has 2 aromatic rings. The Morgan fingerprint density at radius 3 is 2.71 bits per heavy atom. The van der Waals surface area contributed by atoms with Gasteiger partial charge in [-0.1, -0.05) is 30.3 Å². The third-order valence-corrected chi connectivity index (χ3v) is 3.72. The highest BCUT2D eigenvalue weighted by atomic mass is 16.1. The van der Waals surface area contributed by atoms with Crippen LogP contribution < -0.4 is 10.6 Å². The molecule has 0 bridgehead atoms. The Morgan fingerprint density at radius 1 is 1.24 bits per heavy atom. The summed E-state index contributed by atoms with van der Waals surface area (Å²) in [5, 5.41) is 8.97. The number of hydrogen-bond acceptors (Lipinski definition) is 4. The topological polar surface area (TPSA) is 83.0 Å². The van der Waals surface area contributed by atoms with E-state index < -0.39 is 6.04 Å². The number of benzene rings is 1. The number of hydrogen-bond donors (Lipinski definition) is 1. The van der Waals surface area contributed by atoms with Crippen LogP contribution in [0.2, 0.25) is 0 Å². The van der Waals surface area contributed by atoms with Crippen molar-refractivity contribution in [1.29, 1.82) is 5.26 Å². The van der Waals surface area contributed by atoms with Gasteiger partial charge in [0.25, 0.3) is 0 Å². The fourth-order valence-electron chi connectivity index (χ4n) is 2.66. The van der Waals surface area contributed by atoms with Crippen LogP contribution in [0, 0.1) is 11.3 Å². The number of carbonyl (C=O) groups excluding carboxylic acids is 1. The fourth-order valence-corrected chi connectivity index (χ4v) is 2.66. The number of fused-ring (bicyclic) bond motifs is 1. The highest BCUT2D eigenvalue weighted by Gasteiger charge is 2.30. The number of nitrogens with two attached hydrogens (primary N) is 1. The highest BCUT2D eigenvalue weighted by Crippen LogP contribution is 2.27. The zero-order valence-electron chi connectivity index (χ0n) is 11.4. The minimum absolute atomic E-state index is 0.328. The average molecular weight is 278 g/mol. The van der Waals surface area contributed by atoms with Gasteiger partial charge in [0.15, 0.2) is 0 Å². The first-order chi connectivity index (χ1) is 10.2. The summed E-state index contributed by atoms with van der Waals surface area (Å²) in [5.41, 5.74) is 8.16. The van der Waals surface area contributed by atoms with Gasteiger partial charge in [0, 0.05) is 13.0 Å². The van der Waals surface area contributed by atoms with E-state index in [9.17, 15) is 4.79 Å². The fraction of sp³-hybridized carbons (Fsp3) is 0.188. The van der Waals surface area contributed by atoms with Gasteiger partial charge in [0.05, 0.1) is 0 Å². The zero-order valence-corrected chi connectivity index (χ0v) is 11.4. The van der Waals surface area contributed by atoms with E-state index in [1.165, 1.54) is 0 Å². The van der Waals surface area contributed by atoms with Gasteiger partial charge >= 0.3 is 0 Å². The van der Waals surface area contributed by atoms with Crippen LogP contribution in [0.3, 0.4) is 0 Å². The molecule has 3 rings (SSSR count). The van der Waals surface area contributed by atoms with E-state index in [2.05, 4.69) is 4.98 Å². The molecule has 1 atom stereocenters. The van der Waals surface area contributed by atoms with Crippen molar-refractivity contribution in [3.8, 4) is 6.07 Å². The van der Waals surface area contributed by atoms with Gasteiger partial charge in [-0.05, 0) is 23.3 Å². The van der Waals surface area contributed by atoms with Crippen molar-refractivity contribution in [2.24, 2.45) is 5.73 Å². The van der Waals surface area contributed by atoms with Gasteiger partial charge in [-0.15, -0.1) is 0 Å². The molecule has 0 unspecified atom stereocenters. The minimum Gasteiger partial charge on any atom is -0.368 e. The molecule has 5 nitrogen and oxygen atoms in total. The second-order valence-corrected chi connectivity index (χ2v) is 5.01. The molecule has 1 aromatic carbocycles. The molecule has 2 heterocycles. The van der Waals surface area contributed by atoms with E-state index in [1.54, 1.807) is 18.2 Å². The Kier molecular flexibility index (Phi) is 3.28. The van der Waals surface area contributed by atoms with Crippen molar-refractivity contribution in [2.75, 3.05) is 4.90 Å². The van der Waals surface area contributed by atoms with E-state index in [0.29, 0.717) is 24.5 Å². The smallest absolute Gasteiger partial charge is 0.240 e. The maximum Gasteiger partial charge on any atom is 0.240 e. The molecule has 0 radical (unpaired) electrons. The summed E-state index contributed by atoms with van der Waals surface area (Å²) in [4.78, 5) is 17.9. The summed E-state index contributed by atoms with van der Waals surface area (Å²) in [6.07, 6.45) is 0.559. The molecule has 1 aliphatic rings. The molecule has 1 aromatic heterocycles. The van der Waals surface area contributed by atoms with Crippen LogP contribution in [0.5, 0.6) is 0 Å². The molecule has 2 N–H and O–H groups in total. The molecule has 0 saturated carbocycles. The van der Waals surface area contributed by atoms with Gasteiger partial charge in [-0.25, -0.2) is 4.98 Å². The normalized spacial score (nSPS) is 16.9. The summed E-state index contributed by atoms with van der Waals surface area (Å²) in [6.45, 7) is 0.561. The summed E-state index contributed by atoms with van der Waals surface area (Å²) >= 11 is 0. The van der Waals surface area contributed by atoms with Crippen LogP contribution in [0.1, 0.15) is 16.8 Å². The number of rotatable bonds is 2. The van der Waals surface area contributed by atoms with Crippen LogP contribution in [0.4, 0.5) is 5.82 Å². The lowest BCUT2D eigenvalue weighted by Gasteiger charge is -2.36. The first-order valence-electron chi connectivity index (χ1n) is 6.69. The van der Waals surface area contributed by atoms with Crippen molar-refractivity contribution in [3.05, 3.63) is 59.3 Å². The predicted molar refractivity (Wildman–Crippen MR) is 78.3 cm³/mol. The minimum atomic E-state index is -0.443.